The van der Waals surface area contributed by atoms with Gasteiger partial charge < -0.3 is 4.42 Å². The number of amides is 2. The highest BCUT2D eigenvalue weighted by atomic mass is 16.6. The van der Waals surface area contributed by atoms with Crippen LogP contribution in [0.3, 0.4) is 0 Å². The van der Waals surface area contributed by atoms with Gasteiger partial charge in [0.1, 0.15) is 11.5 Å². The van der Waals surface area contributed by atoms with Crippen molar-refractivity contribution in [1.82, 2.24) is 10.9 Å². The highest BCUT2D eigenvalue weighted by molar-refractivity contribution is 5.99. The molecule has 2 aromatic rings. The highest BCUT2D eigenvalue weighted by Crippen LogP contribution is 2.18. The van der Waals surface area contributed by atoms with Crippen LogP contribution in [0.25, 0.3) is 0 Å². The standard InChI is InChI=1S/C15H15N3O5/c1-8-6-11(4-5-13(8)18(21)22)14(19)16-17-15(20)12-7-9(2)23-10(12)3/h4-7H,1-3H3,(H,16,19)(H,17,20). The van der Waals surface area contributed by atoms with Gasteiger partial charge in [-0.15, -0.1) is 0 Å². The van der Waals surface area contributed by atoms with E-state index in [4.69, 9.17) is 4.42 Å². The summed E-state index contributed by atoms with van der Waals surface area (Å²) in [5.41, 5.74) is 5.34. The van der Waals surface area contributed by atoms with Gasteiger partial charge in [-0.25, -0.2) is 0 Å². The van der Waals surface area contributed by atoms with Crippen LogP contribution in [-0.4, -0.2) is 16.7 Å². The van der Waals surface area contributed by atoms with Gasteiger partial charge in [-0.05, 0) is 39.0 Å². The molecular weight excluding hydrogens is 302 g/mol. The van der Waals surface area contributed by atoms with Crippen LogP contribution in [0.4, 0.5) is 5.69 Å². The first-order valence-corrected chi connectivity index (χ1v) is 6.72. The molecule has 0 aliphatic carbocycles. The van der Waals surface area contributed by atoms with Gasteiger partial charge in [0.05, 0.1) is 10.5 Å². The number of hydrazine groups is 1. The fourth-order valence-corrected chi connectivity index (χ4v) is 2.11. The molecule has 8 nitrogen and oxygen atoms in total. The summed E-state index contributed by atoms with van der Waals surface area (Å²) in [5, 5.41) is 10.7. The molecule has 0 saturated carbocycles. The fourth-order valence-electron chi connectivity index (χ4n) is 2.11. The smallest absolute Gasteiger partial charge is 0.273 e. The van der Waals surface area contributed by atoms with E-state index in [-0.39, 0.29) is 11.3 Å². The normalized spacial score (nSPS) is 10.2. The number of nitro groups is 1. The summed E-state index contributed by atoms with van der Waals surface area (Å²) in [5.74, 6) is -0.0500. The van der Waals surface area contributed by atoms with Gasteiger partial charge in [-0.1, -0.05) is 0 Å². The molecule has 0 bridgehead atoms. The fraction of sp³-hybridized carbons (Fsp3) is 0.200. The number of nitro benzene ring substituents is 1. The number of carbonyl (C=O) groups excluding carboxylic acids is 2. The van der Waals surface area contributed by atoms with E-state index in [1.807, 2.05) is 0 Å². The summed E-state index contributed by atoms with van der Waals surface area (Å²) in [7, 11) is 0. The highest BCUT2D eigenvalue weighted by Gasteiger charge is 2.16. The molecule has 0 fully saturated rings. The van der Waals surface area contributed by atoms with E-state index >= 15 is 0 Å². The Labute approximate surface area is 131 Å². The first-order valence-electron chi connectivity index (χ1n) is 6.72. The average molecular weight is 317 g/mol. The Kier molecular flexibility index (Phi) is 4.44. The minimum Gasteiger partial charge on any atom is -0.466 e. The van der Waals surface area contributed by atoms with Gasteiger partial charge in [0.2, 0.25) is 0 Å². The van der Waals surface area contributed by atoms with E-state index in [0.717, 1.165) is 0 Å². The second kappa shape index (κ2) is 6.30. The SMILES string of the molecule is Cc1cc(C(=O)NNC(=O)c2ccc([N+](=O)[O-])c(C)c2)c(C)o1. The van der Waals surface area contributed by atoms with Gasteiger partial charge in [0, 0.05) is 17.2 Å². The summed E-state index contributed by atoms with van der Waals surface area (Å²) >= 11 is 0. The lowest BCUT2D eigenvalue weighted by molar-refractivity contribution is -0.385. The molecule has 0 atom stereocenters. The minimum absolute atomic E-state index is 0.0740. The number of carbonyl (C=O) groups is 2. The molecule has 0 spiro atoms. The van der Waals surface area contributed by atoms with E-state index < -0.39 is 16.7 Å². The lowest BCUT2D eigenvalue weighted by Crippen LogP contribution is -2.41. The Balaban J connectivity index is 2.05. The van der Waals surface area contributed by atoms with Gasteiger partial charge in [-0.2, -0.15) is 0 Å². The van der Waals surface area contributed by atoms with E-state index in [0.29, 0.717) is 22.6 Å². The molecule has 8 heteroatoms. The zero-order valence-electron chi connectivity index (χ0n) is 12.8. The molecule has 0 aliphatic rings. The van der Waals surface area contributed by atoms with E-state index in [2.05, 4.69) is 10.9 Å². The second-order valence-corrected chi connectivity index (χ2v) is 4.99. The second-order valence-electron chi connectivity index (χ2n) is 4.99. The predicted octanol–water partition coefficient (Wildman–Crippen LogP) is 2.19. The van der Waals surface area contributed by atoms with Crippen molar-refractivity contribution in [2.45, 2.75) is 20.8 Å². The van der Waals surface area contributed by atoms with Crippen LogP contribution >= 0.6 is 0 Å². The number of aryl methyl sites for hydroxylation is 3. The zero-order chi connectivity index (χ0) is 17.1. The number of nitrogens with zero attached hydrogens (tertiary/aromatic N) is 1. The summed E-state index contributed by atoms with van der Waals surface area (Å²) in [6.07, 6.45) is 0. The van der Waals surface area contributed by atoms with Crippen LogP contribution in [0.1, 0.15) is 37.8 Å². The minimum atomic E-state index is -0.575. The molecule has 1 heterocycles. The summed E-state index contributed by atoms with van der Waals surface area (Å²) in [6, 6.07) is 5.51. The molecule has 2 N–H and O–H groups in total. The van der Waals surface area contributed by atoms with E-state index in [9.17, 15) is 19.7 Å². The van der Waals surface area contributed by atoms with Crippen molar-refractivity contribution in [2.75, 3.05) is 0 Å². The van der Waals surface area contributed by atoms with Crippen molar-refractivity contribution in [3.63, 3.8) is 0 Å². The van der Waals surface area contributed by atoms with Gasteiger partial charge in [0.15, 0.2) is 0 Å². The van der Waals surface area contributed by atoms with Crippen LogP contribution in [0, 0.1) is 30.9 Å². The topological polar surface area (TPSA) is 114 Å². The number of furan rings is 1. The third-order valence-corrected chi connectivity index (χ3v) is 3.23. The molecule has 1 aromatic heterocycles. The first kappa shape index (κ1) is 16.2. The molecule has 23 heavy (non-hydrogen) atoms. The van der Waals surface area contributed by atoms with Crippen LogP contribution in [0.2, 0.25) is 0 Å². The summed E-state index contributed by atoms with van der Waals surface area (Å²) in [4.78, 5) is 34.2. The maximum atomic E-state index is 12.0. The van der Waals surface area contributed by atoms with Gasteiger partial charge in [0.25, 0.3) is 17.5 Å². The van der Waals surface area contributed by atoms with E-state index in [1.165, 1.54) is 25.1 Å². The summed E-state index contributed by atoms with van der Waals surface area (Å²) < 4.78 is 5.24. The third-order valence-electron chi connectivity index (χ3n) is 3.23. The summed E-state index contributed by atoms with van der Waals surface area (Å²) in [6.45, 7) is 4.89. The number of hydrogen-bond acceptors (Lipinski definition) is 5. The van der Waals surface area contributed by atoms with Gasteiger partial charge in [-0.3, -0.25) is 30.6 Å². The van der Waals surface area contributed by atoms with E-state index in [1.54, 1.807) is 19.9 Å². The van der Waals surface area contributed by atoms with Gasteiger partial charge >= 0.3 is 0 Å². The van der Waals surface area contributed by atoms with Crippen LogP contribution < -0.4 is 10.9 Å². The Hall–Kier alpha value is -3.16. The third kappa shape index (κ3) is 3.54. The van der Waals surface area contributed by atoms with Crippen molar-refractivity contribution in [3.8, 4) is 0 Å². The van der Waals surface area contributed by atoms with Crippen LogP contribution in [-0.2, 0) is 0 Å². The monoisotopic (exact) mass is 317 g/mol. The molecule has 1 aromatic carbocycles. The molecule has 2 rings (SSSR count). The predicted molar refractivity (Wildman–Crippen MR) is 80.9 cm³/mol. The Morgan fingerprint density at radius 3 is 2.26 bits per heavy atom. The Bertz CT molecular complexity index is 794. The zero-order valence-corrected chi connectivity index (χ0v) is 12.8. The van der Waals surface area contributed by atoms with Crippen molar-refractivity contribution in [1.29, 1.82) is 0 Å². The lowest BCUT2D eigenvalue weighted by atomic mass is 10.1. The first-order chi connectivity index (χ1) is 10.8. The Morgan fingerprint density at radius 1 is 1.09 bits per heavy atom. The van der Waals surface area contributed by atoms with Crippen molar-refractivity contribution in [2.24, 2.45) is 0 Å². The molecular formula is C15H15N3O5. The molecule has 2 amide bonds. The Morgan fingerprint density at radius 2 is 1.74 bits per heavy atom. The van der Waals surface area contributed by atoms with Crippen LogP contribution in [0.15, 0.2) is 28.7 Å². The van der Waals surface area contributed by atoms with Crippen molar-refractivity contribution < 1.29 is 18.9 Å². The largest absolute Gasteiger partial charge is 0.466 e. The van der Waals surface area contributed by atoms with Crippen molar-refractivity contribution >= 4 is 17.5 Å². The number of nitrogens with one attached hydrogen (secondary N) is 2. The molecule has 0 unspecified atom stereocenters. The maximum Gasteiger partial charge on any atom is 0.273 e. The number of hydrogen-bond donors (Lipinski definition) is 2. The number of rotatable bonds is 3. The number of benzene rings is 1. The molecule has 0 aliphatic heterocycles. The maximum absolute atomic E-state index is 12.0. The molecule has 0 radical (unpaired) electrons. The average Bonchev–Trinajstić information content (AvgIpc) is 2.82. The lowest BCUT2D eigenvalue weighted by Gasteiger charge is -2.07. The molecule has 0 saturated heterocycles. The molecule has 120 valence electrons. The van der Waals surface area contributed by atoms with Crippen LogP contribution in [0.5, 0.6) is 0 Å². The van der Waals surface area contributed by atoms with Crippen molar-refractivity contribution in [3.05, 3.63) is 62.6 Å². The quantitative estimate of drug-likeness (QED) is 0.665.